The number of nitrogens with one attached hydrogen (secondary N) is 1. The molecule has 1 amide bonds. The molecule has 30 heavy (non-hydrogen) atoms. The van der Waals surface area contributed by atoms with Crippen LogP contribution >= 0.6 is 0 Å². The van der Waals surface area contributed by atoms with E-state index >= 15 is 0 Å². The normalized spacial score (nSPS) is 17.2. The maximum Gasteiger partial charge on any atom is 0.220 e. The number of hydrogen-bond donors (Lipinski definition) is 1. The predicted octanol–water partition coefficient (Wildman–Crippen LogP) is 4.31. The Labute approximate surface area is 178 Å². The lowest BCUT2D eigenvalue weighted by atomic mass is 10.0. The van der Waals surface area contributed by atoms with Gasteiger partial charge in [-0.15, -0.1) is 0 Å². The van der Waals surface area contributed by atoms with Gasteiger partial charge in [0.25, 0.3) is 0 Å². The van der Waals surface area contributed by atoms with Crippen molar-refractivity contribution in [1.29, 1.82) is 0 Å². The lowest BCUT2D eigenvalue weighted by Gasteiger charge is -2.31. The average Bonchev–Trinajstić information content (AvgIpc) is 2.76. The molecule has 0 saturated carbocycles. The lowest BCUT2D eigenvalue weighted by molar-refractivity contribution is -0.121. The topological polar surface area (TPSA) is 41.6 Å². The van der Waals surface area contributed by atoms with Crippen LogP contribution in [0.2, 0.25) is 0 Å². The molecule has 3 aromatic carbocycles. The van der Waals surface area contributed by atoms with E-state index in [2.05, 4.69) is 71.7 Å². The molecule has 1 fully saturated rings. The van der Waals surface area contributed by atoms with Gasteiger partial charge in [0.05, 0.1) is 12.7 Å². The number of ether oxygens (including phenoxy) is 1. The monoisotopic (exact) mass is 402 g/mol. The summed E-state index contributed by atoms with van der Waals surface area (Å²) in [6, 6.07) is 23.3. The van der Waals surface area contributed by atoms with Gasteiger partial charge in [-0.3, -0.25) is 9.69 Å². The zero-order valence-corrected chi connectivity index (χ0v) is 17.6. The average molecular weight is 403 g/mol. The van der Waals surface area contributed by atoms with Crippen LogP contribution in [-0.2, 0) is 29.0 Å². The summed E-state index contributed by atoms with van der Waals surface area (Å²) in [4.78, 5) is 14.8. The van der Waals surface area contributed by atoms with Gasteiger partial charge >= 0.3 is 0 Å². The molecule has 4 nitrogen and oxygen atoms in total. The number of carbonyl (C=O) groups is 1. The SMILES string of the molecule is CC1CN(Cc2cccc(CNC(=O)CCc3ccc4ccccc4c3)c2)CCO1. The molecule has 1 aliphatic rings. The van der Waals surface area contributed by atoms with Gasteiger partial charge in [-0.25, -0.2) is 0 Å². The molecule has 4 rings (SSSR count). The van der Waals surface area contributed by atoms with Crippen molar-refractivity contribution in [2.45, 2.75) is 39.0 Å². The van der Waals surface area contributed by atoms with Crippen molar-refractivity contribution in [3.05, 3.63) is 83.4 Å². The van der Waals surface area contributed by atoms with Crippen molar-refractivity contribution < 1.29 is 9.53 Å². The maximum absolute atomic E-state index is 12.4. The second kappa shape index (κ2) is 9.88. The summed E-state index contributed by atoms with van der Waals surface area (Å²) in [7, 11) is 0. The van der Waals surface area contributed by atoms with Crippen molar-refractivity contribution in [2.75, 3.05) is 19.7 Å². The number of hydrogen-bond acceptors (Lipinski definition) is 3. The van der Waals surface area contributed by atoms with Crippen LogP contribution in [0.5, 0.6) is 0 Å². The summed E-state index contributed by atoms with van der Waals surface area (Å²) in [5.74, 6) is 0.0931. The molecule has 0 aromatic heterocycles. The molecule has 1 N–H and O–H groups in total. The summed E-state index contributed by atoms with van der Waals surface area (Å²) in [6.45, 7) is 6.36. The fourth-order valence-electron chi connectivity index (χ4n) is 4.07. The molecule has 1 aliphatic heterocycles. The molecule has 1 saturated heterocycles. The van der Waals surface area contributed by atoms with Crippen molar-refractivity contribution in [2.24, 2.45) is 0 Å². The van der Waals surface area contributed by atoms with E-state index in [0.717, 1.165) is 38.2 Å². The fourth-order valence-corrected chi connectivity index (χ4v) is 4.07. The Morgan fingerprint density at radius 3 is 2.70 bits per heavy atom. The standard InChI is InChI=1S/C26H30N2O2/c1-20-18-28(13-14-30-20)19-23-6-4-5-22(15-23)17-27-26(29)12-10-21-9-11-24-7-2-3-8-25(24)16-21/h2-9,11,15-16,20H,10,12-14,17-19H2,1H3,(H,27,29). The predicted molar refractivity (Wildman–Crippen MR) is 121 cm³/mol. The highest BCUT2D eigenvalue weighted by Gasteiger charge is 2.16. The first-order valence-electron chi connectivity index (χ1n) is 10.8. The van der Waals surface area contributed by atoms with Crippen molar-refractivity contribution in [3.8, 4) is 0 Å². The summed E-state index contributed by atoms with van der Waals surface area (Å²) < 4.78 is 5.62. The van der Waals surface area contributed by atoms with Crippen LogP contribution in [0.25, 0.3) is 10.8 Å². The van der Waals surface area contributed by atoms with E-state index in [-0.39, 0.29) is 5.91 Å². The minimum atomic E-state index is 0.0931. The molecule has 1 unspecified atom stereocenters. The molecular formula is C26H30N2O2. The highest BCUT2D eigenvalue weighted by molar-refractivity contribution is 5.83. The van der Waals surface area contributed by atoms with Crippen LogP contribution in [0.4, 0.5) is 0 Å². The van der Waals surface area contributed by atoms with E-state index in [9.17, 15) is 4.79 Å². The molecule has 0 aliphatic carbocycles. The number of carbonyl (C=O) groups excluding carboxylic acids is 1. The molecular weight excluding hydrogens is 372 g/mol. The van der Waals surface area contributed by atoms with E-state index in [1.165, 1.54) is 21.9 Å². The van der Waals surface area contributed by atoms with E-state index in [1.807, 2.05) is 12.1 Å². The third kappa shape index (κ3) is 5.68. The Bertz CT molecular complexity index is 1000. The van der Waals surface area contributed by atoms with Gasteiger partial charge in [0.15, 0.2) is 0 Å². The number of amides is 1. The summed E-state index contributed by atoms with van der Waals surface area (Å²) in [6.07, 6.45) is 1.55. The van der Waals surface area contributed by atoms with E-state index in [0.29, 0.717) is 19.1 Å². The molecule has 3 aromatic rings. The second-order valence-electron chi connectivity index (χ2n) is 8.19. The summed E-state index contributed by atoms with van der Waals surface area (Å²) in [5, 5.41) is 5.53. The van der Waals surface area contributed by atoms with Gasteiger partial charge in [-0.2, -0.15) is 0 Å². The number of rotatable bonds is 7. The largest absolute Gasteiger partial charge is 0.376 e. The smallest absolute Gasteiger partial charge is 0.220 e. The Balaban J connectivity index is 1.26. The fraction of sp³-hybridized carbons (Fsp3) is 0.346. The van der Waals surface area contributed by atoms with Gasteiger partial charge in [0, 0.05) is 32.6 Å². The van der Waals surface area contributed by atoms with Crippen LogP contribution in [0, 0.1) is 0 Å². The van der Waals surface area contributed by atoms with E-state index < -0.39 is 0 Å². The lowest BCUT2D eigenvalue weighted by Crippen LogP contribution is -2.40. The maximum atomic E-state index is 12.4. The van der Waals surface area contributed by atoms with Gasteiger partial charge in [0.1, 0.15) is 0 Å². The minimum absolute atomic E-state index is 0.0931. The van der Waals surface area contributed by atoms with Gasteiger partial charge < -0.3 is 10.1 Å². The molecule has 1 atom stereocenters. The summed E-state index contributed by atoms with van der Waals surface area (Å²) in [5.41, 5.74) is 3.63. The molecule has 0 spiro atoms. The van der Waals surface area contributed by atoms with Crippen LogP contribution in [0.3, 0.4) is 0 Å². The van der Waals surface area contributed by atoms with Crippen LogP contribution in [0.1, 0.15) is 30.0 Å². The van der Waals surface area contributed by atoms with Gasteiger partial charge in [-0.1, -0.05) is 66.7 Å². The molecule has 0 bridgehead atoms. The van der Waals surface area contributed by atoms with Crippen LogP contribution in [-0.4, -0.2) is 36.6 Å². The van der Waals surface area contributed by atoms with E-state index in [4.69, 9.17) is 4.74 Å². The molecule has 156 valence electrons. The Morgan fingerprint density at radius 2 is 1.83 bits per heavy atom. The van der Waals surface area contributed by atoms with Gasteiger partial charge in [-0.05, 0) is 40.8 Å². The Hall–Kier alpha value is -2.69. The van der Waals surface area contributed by atoms with Crippen LogP contribution < -0.4 is 5.32 Å². The van der Waals surface area contributed by atoms with Crippen molar-refractivity contribution >= 4 is 16.7 Å². The number of nitrogens with zero attached hydrogens (tertiary/aromatic N) is 1. The van der Waals surface area contributed by atoms with Gasteiger partial charge in [0.2, 0.25) is 5.91 Å². The quantitative estimate of drug-likeness (QED) is 0.640. The van der Waals surface area contributed by atoms with Crippen LogP contribution in [0.15, 0.2) is 66.7 Å². The molecule has 1 heterocycles. The Morgan fingerprint density at radius 1 is 1.00 bits per heavy atom. The zero-order chi connectivity index (χ0) is 20.8. The summed E-state index contributed by atoms with van der Waals surface area (Å²) >= 11 is 0. The second-order valence-corrected chi connectivity index (χ2v) is 8.19. The molecule has 4 heteroatoms. The highest BCUT2D eigenvalue weighted by atomic mass is 16.5. The number of aryl methyl sites for hydroxylation is 1. The third-order valence-corrected chi connectivity index (χ3v) is 5.67. The number of fused-ring (bicyclic) bond motifs is 1. The number of benzene rings is 3. The van der Waals surface area contributed by atoms with Crippen molar-refractivity contribution in [1.82, 2.24) is 10.2 Å². The van der Waals surface area contributed by atoms with E-state index in [1.54, 1.807) is 0 Å². The first-order valence-corrected chi connectivity index (χ1v) is 10.8. The minimum Gasteiger partial charge on any atom is -0.376 e. The number of morpholine rings is 1. The van der Waals surface area contributed by atoms with Crippen molar-refractivity contribution in [3.63, 3.8) is 0 Å². The zero-order valence-electron chi connectivity index (χ0n) is 17.6. The first kappa shape index (κ1) is 20.6. The first-order chi connectivity index (χ1) is 14.7. The molecule has 0 radical (unpaired) electrons. The third-order valence-electron chi connectivity index (χ3n) is 5.67. The highest BCUT2D eigenvalue weighted by Crippen LogP contribution is 2.17. The Kier molecular flexibility index (Phi) is 6.77.